The first-order chi connectivity index (χ1) is 5.91. The molecule has 0 aliphatic rings. The summed E-state index contributed by atoms with van der Waals surface area (Å²) >= 11 is 0.00942. The quantitative estimate of drug-likeness (QED) is 0.337. The van der Waals surface area contributed by atoms with E-state index in [2.05, 4.69) is 19.6 Å². The molecule has 0 saturated carbocycles. The van der Waals surface area contributed by atoms with E-state index in [0.717, 1.165) is 0 Å². The van der Waals surface area contributed by atoms with Gasteiger partial charge >= 0.3 is 88.1 Å². The fourth-order valence-electron chi connectivity index (χ4n) is 1.23. The molecule has 0 amide bonds. The summed E-state index contributed by atoms with van der Waals surface area (Å²) in [5.74, 6) is 0. The summed E-state index contributed by atoms with van der Waals surface area (Å²) in [5.41, 5.74) is 0. The molecule has 0 N–H and O–H groups in total. The van der Waals surface area contributed by atoms with Gasteiger partial charge in [0.1, 0.15) is 0 Å². The van der Waals surface area contributed by atoms with Crippen molar-refractivity contribution in [3.63, 3.8) is 0 Å². The fourth-order valence-corrected chi connectivity index (χ4v) is 3.83. The first-order valence-corrected chi connectivity index (χ1v) is 9.27. The fraction of sp³-hybridized carbons (Fsp3) is 0.818. The summed E-state index contributed by atoms with van der Waals surface area (Å²) in [6.45, 7) is 6.04. The number of allylic oxidation sites excluding steroid dienone is 1. The molecular formula is C11H22Sn. The van der Waals surface area contributed by atoms with Crippen molar-refractivity contribution < 1.29 is 0 Å². The third-order valence-electron chi connectivity index (χ3n) is 2.00. The Labute approximate surface area is 88.0 Å². The van der Waals surface area contributed by atoms with Crippen LogP contribution >= 0.6 is 0 Å². The second-order valence-electron chi connectivity index (χ2n) is 3.26. The Kier molecular flexibility index (Phi) is 12.1. The van der Waals surface area contributed by atoms with Gasteiger partial charge in [0.2, 0.25) is 0 Å². The Morgan fingerprint density at radius 2 is 1.75 bits per heavy atom. The molecule has 70 valence electrons. The molecule has 12 heavy (non-hydrogen) atoms. The Balaban J connectivity index is 2.77. The molecule has 0 aromatic heterocycles. The van der Waals surface area contributed by atoms with Gasteiger partial charge in [-0.2, -0.15) is 0 Å². The van der Waals surface area contributed by atoms with Gasteiger partial charge in [-0.05, 0) is 0 Å². The molecule has 0 unspecified atom stereocenters. The van der Waals surface area contributed by atoms with Gasteiger partial charge < -0.3 is 0 Å². The monoisotopic (exact) mass is 274 g/mol. The van der Waals surface area contributed by atoms with E-state index < -0.39 is 0 Å². The number of hydrogen-bond donors (Lipinski definition) is 0. The van der Waals surface area contributed by atoms with E-state index in [1.165, 1.54) is 43.0 Å². The number of hydrogen-bond acceptors (Lipinski definition) is 0. The maximum absolute atomic E-state index is 3.76. The summed E-state index contributed by atoms with van der Waals surface area (Å²) in [6.07, 6.45) is 10.8. The second kappa shape index (κ2) is 11.5. The summed E-state index contributed by atoms with van der Waals surface area (Å²) in [5, 5.41) is 0. The first kappa shape index (κ1) is 12.5. The zero-order valence-corrected chi connectivity index (χ0v) is 11.3. The number of unbranched alkanes of at least 4 members (excludes halogenated alkanes) is 5. The van der Waals surface area contributed by atoms with Crippen molar-refractivity contribution >= 4 is 21.1 Å². The maximum atomic E-state index is 3.76. The Morgan fingerprint density at radius 1 is 1.08 bits per heavy atom. The topological polar surface area (TPSA) is 0 Å². The van der Waals surface area contributed by atoms with Crippen LogP contribution in [0.15, 0.2) is 12.7 Å². The molecule has 0 nitrogen and oxygen atoms in total. The van der Waals surface area contributed by atoms with Crippen LogP contribution in [0.2, 0.25) is 8.87 Å². The zero-order chi connectivity index (χ0) is 9.07. The van der Waals surface area contributed by atoms with Crippen LogP contribution in [0, 0.1) is 0 Å². The zero-order valence-electron chi connectivity index (χ0n) is 8.44. The second-order valence-corrected chi connectivity index (χ2v) is 7.28. The minimum atomic E-state index is 0.00942. The van der Waals surface area contributed by atoms with Gasteiger partial charge in [0.15, 0.2) is 0 Å². The molecule has 0 rings (SSSR count). The van der Waals surface area contributed by atoms with E-state index in [9.17, 15) is 0 Å². The van der Waals surface area contributed by atoms with E-state index in [1.807, 2.05) is 0 Å². The summed E-state index contributed by atoms with van der Waals surface area (Å²) in [6, 6.07) is 0. The van der Waals surface area contributed by atoms with Gasteiger partial charge in [-0.25, -0.2) is 0 Å². The van der Waals surface area contributed by atoms with Crippen LogP contribution in [0.1, 0.15) is 45.4 Å². The van der Waals surface area contributed by atoms with E-state index in [1.54, 1.807) is 4.44 Å². The third kappa shape index (κ3) is 10.5. The van der Waals surface area contributed by atoms with E-state index in [4.69, 9.17) is 0 Å². The molecule has 2 radical (unpaired) electrons. The Bertz CT molecular complexity index is 89.0. The SMILES string of the molecule is C=C[CH2][Sn][CH2]CCCCCCC. The molecule has 0 atom stereocenters. The van der Waals surface area contributed by atoms with Gasteiger partial charge in [0.25, 0.3) is 0 Å². The molecule has 0 aromatic rings. The van der Waals surface area contributed by atoms with Crippen molar-refractivity contribution in [2.24, 2.45) is 0 Å². The molecule has 0 fully saturated rings. The van der Waals surface area contributed by atoms with Crippen molar-refractivity contribution in [1.29, 1.82) is 0 Å². The summed E-state index contributed by atoms with van der Waals surface area (Å²) in [7, 11) is 0. The van der Waals surface area contributed by atoms with Crippen LogP contribution in [0.4, 0.5) is 0 Å². The Hall–Kier alpha value is 0.539. The van der Waals surface area contributed by atoms with E-state index >= 15 is 0 Å². The summed E-state index contributed by atoms with van der Waals surface area (Å²) < 4.78 is 2.94. The van der Waals surface area contributed by atoms with Crippen LogP contribution < -0.4 is 0 Å². The third-order valence-corrected chi connectivity index (χ3v) is 5.66. The van der Waals surface area contributed by atoms with Crippen LogP contribution in [0.25, 0.3) is 0 Å². The minimum absolute atomic E-state index is 0.00942. The molecule has 0 saturated heterocycles. The van der Waals surface area contributed by atoms with Gasteiger partial charge in [-0.15, -0.1) is 0 Å². The van der Waals surface area contributed by atoms with Crippen LogP contribution in [-0.2, 0) is 0 Å². The van der Waals surface area contributed by atoms with Crippen LogP contribution in [0.3, 0.4) is 0 Å². The molecule has 0 aliphatic heterocycles. The van der Waals surface area contributed by atoms with Crippen LogP contribution in [0.5, 0.6) is 0 Å². The molecule has 0 heterocycles. The standard InChI is InChI=1S/C8H17.C3H5.Sn/c1-3-5-7-8-6-4-2;1-3-2;/h1,3-8H2,2H3;3H,1-2H2;. The molecular weight excluding hydrogens is 251 g/mol. The molecule has 0 spiro atoms. The number of rotatable bonds is 9. The predicted molar refractivity (Wildman–Crippen MR) is 58.9 cm³/mol. The molecule has 0 bridgehead atoms. The van der Waals surface area contributed by atoms with Crippen molar-refractivity contribution in [2.75, 3.05) is 0 Å². The first-order valence-electron chi connectivity index (χ1n) is 5.23. The van der Waals surface area contributed by atoms with Crippen LogP contribution in [-0.4, -0.2) is 21.1 Å². The van der Waals surface area contributed by atoms with Crippen molar-refractivity contribution in [3.8, 4) is 0 Å². The normalized spacial score (nSPS) is 10.1. The predicted octanol–water partition coefficient (Wildman–Crippen LogP) is 4.07. The summed E-state index contributed by atoms with van der Waals surface area (Å²) in [4.78, 5) is 0. The van der Waals surface area contributed by atoms with Gasteiger partial charge in [-0.1, -0.05) is 0 Å². The van der Waals surface area contributed by atoms with Gasteiger partial charge in [-0.3, -0.25) is 0 Å². The molecule has 0 aromatic carbocycles. The molecule has 1 heteroatoms. The van der Waals surface area contributed by atoms with E-state index in [-0.39, 0.29) is 21.1 Å². The van der Waals surface area contributed by atoms with Crippen molar-refractivity contribution in [1.82, 2.24) is 0 Å². The average molecular weight is 273 g/mol. The van der Waals surface area contributed by atoms with E-state index in [0.29, 0.717) is 0 Å². The van der Waals surface area contributed by atoms with Gasteiger partial charge in [0, 0.05) is 0 Å². The average Bonchev–Trinajstić information content (AvgIpc) is 2.10. The van der Waals surface area contributed by atoms with Crippen molar-refractivity contribution in [3.05, 3.63) is 12.7 Å². The molecule has 0 aliphatic carbocycles. The Morgan fingerprint density at radius 3 is 2.42 bits per heavy atom. The van der Waals surface area contributed by atoms with Crippen molar-refractivity contribution in [2.45, 2.75) is 54.3 Å². The van der Waals surface area contributed by atoms with Gasteiger partial charge in [0.05, 0.1) is 0 Å².